The van der Waals surface area contributed by atoms with Crippen molar-refractivity contribution in [2.45, 2.75) is 24.9 Å². The van der Waals surface area contributed by atoms with Crippen LogP contribution in [0.5, 0.6) is 5.75 Å². The predicted octanol–water partition coefficient (Wildman–Crippen LogP) is 2.26. The number of hydrogen-bond acceptors (Lipinski definition) is 10. The summed E-state index contributed by atoms with van der Waals surface area (Å²) in [7, 11) is 0. The quantitative estimate of drug-likeness (QED) is 0.327. The Morgan fingerprint density at radius 2 is 1.90 bits per heavy atom. The number of fused-ring (bicyclic) bond motifs is 2. The summed E-state index contributed by atoms with van der Waals surface area (Å²) in [4.78, 5) is 29.7. The van der Waals surface area contributed by atoms with E-state index in [-0.39, 0.29) is 30.3 Å². The molecule has 40 heavy (non-hydrogen) atoms. The molecular weight excluding hydrogens is 506 g/mol. The summed E-state index contributed by atoms with van der Waals surface area (Å²) in [5.74, 6) is 7.41. The number of carbonyl (C=O) groups excluding carboxylic acids is 1. The van der Waals surface area contributed by atoms with Gasteiger partial charge in [0.1, 0.15) is 11.6 Å². The van der Waals surface area contributed by atoms with Crippen molar-refractivity contribution < 1.29 is 9.90 Å². The van der Waals surface area contributed by atoms with Gasteiger partial charge in [-0.25, -0.2) is 9.97 Å². The number of para-hydroxylation sites is 1. The van der Waals surface area contributed by atoms with Gasteiger partial charge >= 0.3 is 0 Å². The highest BCUT2D eigenvalue weighted by atomic mass is 16.3. The Kier molecular flexibility index (Phi) is 6.80. The summed E-state index contributed by atoms with van der Waals surface area (Å²) in [6.07, 6.45) is 6.90. The number of piperazine rings is 1. The average molecular weight is 534 g/mol. The Bertz CT molecular complexity index is 1590. The van der Waals surface area contributed by atoms with Crippen molar-refractivity contribution in [2.75, 3.05) is 35.2 Å². The first-order valence-electron chi connectivity index (χ1n) is 13.0. The third kappa shape index (κ3) is 5.07. The fraction of sp³-hybridized carbons (Fsp3) is 0.241. The largest absolute Gasteiger partial charge is 0.507 e. The number of amides is 1. The molecule has 3 aromatic heterocycles. The van der Waals surface area contributed by atoms with Crippen LogP contribution in [0, 0.1) is 11.8 Å². The van der Waals surface area contributed by atoms with Crippen LogP contribution in [0.4, 0.5) is 17.3 Å². The van der Waals surface area contributed by atoms with Gasteiger partial charge in [-0.1, -0.05) is 18.1 Å². The number of benzene rings is 1. The smallest absolute Gasteiger partial charge is 0.253 e. The van der Waals surface area contributed by atoms with E-state index in [4.69, 9.17) is 10.7 Å². The Morgan fingerprint density at radius 1 is 1.07 bits per heavy atom. The zero-order chi connectivity index (χ0) is 27.5. The van der Waals surface area contributed by atoms with Gasteiger partial charge in [-0.15, -0.1) is 10.2 Å². The van der Waals surface area contributed by atoms with Crippen molar-refractivity contribution in [3.63, 3.8) is 0 Å². The maximum Gasteiger partial charge on any atom is 0.253 e. The number of phenols is 1. The van der Waals surface area contributed by atoms with Crippen LogP contribution in [0.3, 0.4) is 0 Å². The van der Waals surface area contributed by atoms with Crippen LogP contribution in [-0.4, -0.2) is 67.9 Å². The van der Waals surface area contributed by atoms with Crippen LogP contribution in [0.25, 0.3) is 11.3 Å². The van der Waals surface area contributed by atoms with Crippen LogP contribution >= 0.6 is 0 Å². The molecule has 2 bridgehead atoms. The fourth-order valence-electron chi connectivity index (χ4n) is 5.34. The third-order valence-corrected chi connectivity index (χ3v) is 7.17. The predicted molar refractivity (Wildman–Crippen MR) is 151 cm³/mol. The number of anilines is 3. The minimum absolute atomic E-state index is 0.149. The lowest BCUT2D eigenvalue weighted by molar-refractivity contribution is 0.0958. The van der Waals surface area contributed by atoms with Gasteiger partial charge in [-0.3, -0.25) is 9.78 Å². The number of aromatic nitrogens is 5. The van der Waals surface area contributed by atoms with Crippen LogP contribution in [-0.2, 0) is 0 Å². The second-order valence-corrected chi connectivity index (χ2v) is 9.68. The van der Waals surface area contributed by atoms with Crippen molar-refractivity contribution >= 4 is 23.2 Å². The van der Waals surface area contributed by atoms with Gasteiger partial charge in [-0.05, 0) is 55.2 Å². The van der Waals surface area contributed by atoms with Crippen molar-refractivity contribution in [3.8, 4) is 28.8 Å². The van der Waals surface area contributed by atoms with Gasteiger partial charge in [0.05, 0.1) is 23.5 Å². The van der Waals surface area contributed by atoms with Crippen LogP contribution in [0.15, 0.2) is 67.1 Å². The van der Waals surface area contributed by atoms with E-state index in [1.807, 2.05) is 24.3 Å². The SMILES string of the molecule is Nc1nnc(-c2ccccc2O)cc1N1CC2CC[C@@H](C1)N2c1ccnc(C#CCNC(=O)c2cccnc2)n1. The van der Waals surface area contributed by atoms with Crippen LogP contribution < -0.4 is 20.9 Å². The van der Waals surface area contributed by atoms with E-state index in [0.717, 1.165) is 37.4 Å². The van der Waals surface area contributed by atoms with Crippen LogP contribution in [0.2, 0.25) is 0 Å². The number of nitrogens with zero attached hydrogens (tertiary/aromatic N) is 7. The lowest BCUT2D eigenvalue weighted by atomic mass is 10.1. The minimum Gasteiger partial charge on any atom is -0.507 e. The molecule has 0 spiro atoms. The molecule has 2 aliphatic heterocycles. The molecule has 4 N–H and O–H groups in total. The Labute approximate surface area is 231 Å². The molecule has 11 nitrogen and oxygen atoms in total. The molecule has 2 atom stereocenters. The van der Waals surface area contributed by atoms with E-state index in [0.29, 0.717) is 28.5 Å². The third-order valence-electron chi connectivity index (χ3n) is 7.17. The number of nitrogen functional groups attached to an aromatic ring is 1. The average Bonchev–Trinajstić information content (AvgIpc) is 3.25. The highest BCUT2D eigenvalue weighted by molar-refractivity contribution is 5.93. The van der Waals surface area contributed by atoms with Gasteiger partial charge in [0, 0.05) is 49.3 Å². The molecule has 5 heterocycles. The molecule has 4 aromatic rings. The second kappa shape index (κ2) is 10.9. The van der Waals surface area contributed by atoms with E-state index in [2.05, 4.69) is 47.1 Å². The first kappa shape index (κ1) is 25.1. The Morgan fingerprint density at radius 3 is 2.67 bits per heavy atom. The molecule has 1 aromatic carbocycles. The van der Waals surface area contributed by atoms with Crippen LogP contribution in [0.1, 0.15) is 29.0 Å². The molecule has 6 rings (SSSR count). The van der Waals surface area contributed by atoms with E-state index >= 15 is 0 Å². The standard InChI is InChI=1S/C29H27N9O2/c30-28-24(15-23(35-36-28)22-6-1-2-7-25(22)39)37-17-20-9-10-21(18-37)38(20)27-11-14-32-26(34-27)8-4-13-33-29(40)19-5-3-12-31-16-19/h1-3,5-7,11-12,14-16,20-21,39H,9-10,13,17-18H2,(H2,30,36)(H,33,40)/t20-,21?/m0/s1. The first-order valence-corrected chi connectivity index (χ1v) is 13.0. The molecule has 2 saturated heterocycles. The highest BCUT2D eigenvalue weighted by Crippen LogP contribution is 2.38. The van der Waals surface area contributed by atoms with E-state index in [1.54, 1.807) is 36.7 Å². The van der Waals surface area contributed by atoms with Gasteiger partial charge in [0.25, 0.3) is 5.91 Å². The van der Waals surface area contributed by atoms with E-state index in [9.17, 15) is 9.90 Å². The first-order chi connectivity index (χ1) is 19.6. The fourth-order valence-corrected chi connectivity index (χ4v) is 5.34. The molecule has 200 valence electrons. The number of pyridine rings is 1. The van der Waals surface area contributed by atoms with Gasteiger partial charge < -0.3 is 26.0 Å². The van der Waals surface area contributed by atoms with Gasteiger partial charge in [0.15, 0.2) is 5.82 Å². The Balaban J connectivity index is 1.15. The number of phenolic OH excluding ortho intramolecular Hbond substituents is 1. The minimum atomic E-state index is -0.232. The molecule has 11 heteroatoms. The summed E-state index contributed by atoms with van der Waals surface area (Å²) >= 11 is 0. The van der Waals surface area contributed by atoms with E-state index in [1.165, 1.54) is 6.20 Å². The normalized spacial score (nSPS) is 17.7. The maximum absolute atomic E-state index is 12.2. The van der Waals surface area contributed by atoms with Crippen molar-refractivity contribution in [1.29, 1.82) is 0 Å². The monoisotopic (exact) mass is 533 g/mol. The summed E-state index contributed by atoms with van der Waals surface area (Å²) in [6, 6.07) is 14.7. The summed E-state index contributed by atoms with van der Waals surface area (Å²) in [6.45, 7) is 1.67. The molecule has 2 fully saturated rings. The summed E-state index contributed by atoms with van der Waals surface area (Å²) < 4.78 is 0. The van der Waals surface area contributed by atoms with Crippen molar-refractivity contribution in [1.82, 2.24) is 30.5 Å². The Hall–Kier alpha value is -5.24. The van der Waals surface area contributed by atoms with Gasteiger partial charge in [-0.2, -0.15) is 0 Å². The van der Waals surface area contributed by atoms with Crippen molar-refractivity contribution in [2.24, 2.45) is 0 Å². The van der Waals surface area contributed by atoms with E-state index < -0.39 is 0 Å². The van der Waals surface area contributed by atoms with Gasteiger partial charge in [0.2, 0.25) is 5.82 Å². The van der Waals surface area contributed by atoms with Crippen molar-refractivity contribution in [3.05, 3.63) is 78.5 Å². The molecule has 0 saturated carbocycles. The number of nitrogens with two attached hydrogens (primary N) is 1. The summed E-state index contributed by atoms with van der Waals surface area (Å²) in [5, 5.41) is 21.5. The number of carbonyl (C=O) groups is 1. The second-order valence-electron chi connectivity index (χ2n) is 9.68. The highest BCUT2D eigenvalue weighted by Gasteiger charge is 2.41. The number of nitrogens with one attached hydrogen (secondary N) is 1. The summed E-state index contributed by atoms with van der Waals surface area (Å²) in [5.41, 5.74) is 8.75. The zero-order valence-corrected chi connectivity index (χ0v) is 21.6. The molecule has 1 unspecified atom stereocenters. The maximum atomic E-state index is 12.2. The molecule has 1 amide bonds. The number of aromatic hydroxyl groups is 1. The molecular formula is C29H27N9O2. The number of hydrogen-bond donors (Lipinski definition) is 3. The lowest BCUT2D eigenvalue weighted by Crippen LogP contribution is -2.54. The molecule has 0 aliphatic carbocycles. The zero-order valence-electron chi connectivity index (χ0n) is 21.6. The lowest BCUT2D eigenvalue weighted by Gasteiger charge is -2.42. The topological polar surface area (TPSA) is 146 Å². The molecule has 0 radical (unpaired) electrons. The number of rotatable bonds is 5. The molecule has 2 aliphatic rings.